The molecule has 0 radical (unpaired) electrons. The maximum atomic E-state index is 6.37. The molecule has 0 unspecified atom stereocenters. The van der Waals surface area contributed by atoms with Gasteiger partial charge in [-0.2, -0.15) is 0 Å². The number of nitrogens with zero attached hydrogens (tertiary/aromatic N) is 3. The van der Waals surface area contributed by atoms with Crippen LogP contribution in [0.25, 0.3) is 99.3 Å². The van der Waals surface area contributed by atoms with E-state index in [9.17, 15) is 0 Å². The Kier molecular flexibility index (Phi) is 5.92. The van der Waals surface area contributed by atoms with Gasteiger partial charge in [0.15, 0.2) is 0 Å². The van der Waals surface area contributed by atoms with Crippen LogP contribution in [0.3, 0.4) is 0 Å². The first kappa shape index (κ1) is 28.0. The van der Waals surface area contributed by atoms with Crippen LogP contribution in [0.4, 0.5) is 0 Å². The summed E-state index contributed by atoms with van der Waals surface area (Å²) in [5.74, 6) is 0. The molecule has 0 aliphatic heterocycles. The Morgan fingerprint density at radius 1 is 0.353 bits per heavy atom. The monoisotopic (exact) mass is 651 g/mol. The van der Waals surface area contributed by atoms with Gasteiger partial charge in [0.1, 0.15) is 11.2 Å². The van der Waals surface area contributed by atoms with E-state index in [0.29, 0.717) is 0 Å². The molecular weight excluding hydrogens is 623 g/mol. The van der Waals surface area contributed by atoms with Gasteiger partial charge in [0.05, 0.1) is 34.0 Å². The van der Waals surface area contributed by atoms with Crippen LogP contribution in [0.2, 0.25) is 0 Å². The Hall–Kier alpha value is -6.91. The largest absolute Gasteiger partial charge is 0.456 e. The molecule has 11 aromatic rings. The van der Waals surface area contributed by atoms with Crippen LogP contribution < -0.4 is 0 Å². The Morgan fingerprint density at radius 2 is 0.882 bits per heavy atom. The van der Waals surface area contributed by atoms with Crippen LogP contribution in [0.5, 0.6) is 0 Å². The van der Waals surface area contributed by atoms with Gasteiger partial charge < -0.3 is 13.6 Å². The summed E-state index contributed by atoms with van der Waals surface area (Å²) in [6.45, 7) is 0. The molecule has 0 bridgehead atoms. The highest BCUT2D eigenvalue weighted by Gasteiger charge is 2.16. The zero-order valence-corrected chi connectivity index (χ0v) is 27.5. The molecule has 0 atom stereocenters. The minimum Gasteiger partial charge on any atom is -0.456 e. The predicted molar refractivity (Wildman–Crippen MR) is 211 cm³/mol. The van der Waals surface area contributed by atoms with Gasteiger partial charge in [-0.05, 0) is 90.0 Å². The number of hydrogen-bond donors (Lipinski definition) is 0. The third-order valence-corrected chi connectivity index (χ3v) is 10.4. The molecule has 0 aliphatic rings. The molecule has 7 aromatic carbocycles. The lowest BCUT2D eigenvalue weighted by atomic mass is 10.0. The highest BCUT2D eigenvalue weighted by Crippen LogP contribution is 2.38. The average Bonchev–Trinajstić information content (AvgIpc) is 3.85. The molecule has 4 heteroatoms. The summed E-state index contributed by atoms with van der Waals surface area (Å²) in [5.41, 5.74) is 13.0. The predicted octanol–water partition coefficient (Wildman–Crippen LogP) is 12.5. The van der Waals surface area contributed by atoms with E-state index in [2.05, 4.69) is 179 Å². The Morgan fingerprint density at radius 3 is 1.57 bits per heavy atom. The third-order valence-electron chi connectivity index (χ3n) is 10.4. The lowest BCUT2D eigenvalue weighted by molar-refractivity contribution is 0.669. The summed E-state index contributed by atoms with van der Waals surface area (Å²) in [5, 5.41) is 7.09. The van der Waals surface area contributed by atoms with Gasteiger partial charge in [-0.3, -0.25) is 4.98 Å². The summed E-state index contributed by atoms with van der Waals surface area (Å²) in [6, 6.07) is 60.4. The van der Waals surface area contributed by atoms with Crippen molar-refractivity contribution in [2.24, 2.45) is 0 Å². The summed E-state index contributed by atoms with van der Waals surface area (Å²) in [6.07, 6.45) is 2.01. The Labute approximate surface area is 293 Å². The quantitative estimate of drug-likeness (QED) is 0.190. The Balaban J connectivity index is 1.03. The molecular formula is C47H29N3O. The lowest BCUT2D eigenvalue weighted by Crippen LogP contribution is -1.94. The van der Waals surface area contributed by atoms with E-state index in [4.69, 9.17) is 9.40 Å². The minimum atomic E-state index is 0.867. The van der Waals surface area contributed by atoms with Crippen molar-refractivity contribution in [3.8, 4) is 33.8 Å². The van der Waals surface area contributed by atoms with Crippen molar-refractivity contribution in [2.75, 3.05) is 0 Å². The maximum Gasteiger partial charge on any atom is 0.135 e. The fourth-order valence-corrected chi connectivity index (χ4v) is 8.02. The fourth-order valence-electron chi connectivity index (χ4n) is 8.02. The molecule has 0 fully saturated rings. The van der Waals surface area contributed by atoms with Gasteiger partial charge in [-0.15, -0.1) is 0 Å². The van der Waals surface area contributed by atoms with Gasteiger partial charge in [0.25, 0.3) is 0 Å². The SMILES string of the molecule is c1ccc(-n2c3ccccc3c3cc(-c4ccc5oc6ccc(-c7cccc(-n8c9ccccc9c9ccccc98)c7)cc6c5c4)ncc32)cc1. The fraction of sp³-hybridized carbons (Fsp3) is 0. The minimum absolute atomic E-state index is 0.867. The van der Waals surface area contributed by atoms with E-state index in [-0.39, 0.29) is 0 Å². The van der Waals surface area contributed by atoms with E-state index in [1.807, 2.05) is 6.20 Å². The van der Waals surface area contributed by atoms with E-state index in [1.54, 1.807) is 0 Å². The first-order chi connectivity index (χ1) is 25.3. The average molecular weight is 652 g/mol. The molecule has 51 heavy (non-hydrogen) atoms. The number of furan rings is 1. The van der Waals surface area contributed by atoms with Crippen molar-refractivity contribution >= 4 is 65.6 Å². The van der Waals surface area contributed by atoms with Crippen LogP contribution in [-0.2, 0) is 0 Å². The lowest BCUT2D eigenvalue weighted by Gasteiger charge is -2.10. The van der Waals surface area contributed by atoms with Crippen molar-refractivity contribution in [1.82, 2.24) is 14.1 Å². The second kappa shape index (κ2) is 10.8. The smallest absolute Gasteiger partial charge is 0.135 e. The normalized spacial score (nSPS) is 11.9. The molecule has 4 heterocycles. The zero-order valence-electron chi connectivity index (χ0n) is 27.5. The van der Waals surface area contributed by atoms with Gasteiger partial charge in [-0.1, -0.05) is 91.0 Å². The van der Waals surface area contributed by atoms with E-state index < -0.39 is 0 Å². The van der Waals surface area contributed by atoms with E-state index >= 15 is 0 Å². The summed E-state index contributed by atoms with van der Waals surface area (Å²) in [4.78, 5) is 5.02. The first-order valence-corrected chi connectivity index (χ1v) is 17.3. The molecule has 0 saturated carbocycles. The first-order valence-electron chi connectivity index (χ1n) is 17.3. The highest BCUT2D eigenvalue weighted by atomic mass is 16.3. The topological polar surface area (TPSA) is 35.9 Å². The van der Waals surface area contributed by atoms with Gasteiger partial charge >= 0.3 is 0 Å². The molecule has 0 aliphatic carbocycles. The maximum absolute atomic E-state index is 6.37. The molecule has 0 amide bonds. The summed E-state index contributed by atoms with van der Waals surface area (Å²) < 4.78 is 11.0. The van der Waals surface area contributed by atoms with Crippen LogP contribution in [-0.4, -0.2) is 14.1 Å². The van der Waals surface area contributed by atoms with E-state index in [1.165, 1.54) is 38.1 Å². The molecule has 0 saturated heterocycles. The number of benzene rings is 7. The highest BCUT2D eigenvalue weighted by molar-refractivity contribution is 6.12. The molecule has 4 nitrogen and oxygen atoms in total. The zero-order chi connectivity index (χ0) is 33.5. The second-order valence-corrected chi connectivity index (χ2v) is 13.2. The van der Waals surface area contributed by atoms with Crippen LogP contribution in [0.15, 0.2) is 180 Å². The van der Waals surface area contributed by atoms with Crippen molar-refractivity contribution in [3.05, 3.63) is 176 Å². The number of rotatable bonds is 4. The van der Waals surface area contributed by atoms with E-state index in [0.717, 1.165) is 61.2 Å². The van der Waals surface area contributed by atoms with Crippen molar-refractivity contribution in [3.63, 3.8) is 0 Å². The van der Waals surface area contributed by atoms with Crippen molar-refractivity contribution in [1.29, 1.82) is 0 Å². The number of fused-ring (bicyclic) bond motifs is 9. The molecule has 11 rings (SSSR count). The van der Waals surface area contributed by atoms with Gasteiger partial charge in [-0.25, -0.2) is 0 Å². The van der Waals surface area contributed by atoms with Crippen molar-refractivity contribution in [2.45, 2.75) is 0 Å². The summed E-state index contributed by atoms with van der Waals surface area (Å²) in [7, 11) is 0. The van der Waals surface area contributed by atoms with Gasteiger partial charge in [0.2, 0.25) is 0 Å². The summed E-state index contributed by atoms with van der Waals surface area (Å²) >= 11 is 0. The number of pyridine rings is 1. The Bertz CT molecular complexity index is 3090. The second-order valence-electron chi connectivity index (χ2n) is 13.2. The number of aromatic nitrogens is 3. The number of para-hydroxylation sites is 4. The van der Waals surface area contributed by atoms with Crippen LogP contribution >= 0.6 is 0 Å². The molecule has 0 spiro atoms. The molecule has 4 aromatic heterocycles. The van der Waals surface area contributed by atoms with Crippen molar-refractivity contribution < 1.29 is 4.42 Å². The van der Waals surface area contributed by atoms with Crippen LogP contribution in [0.1, 0.15) is 0 Å². The molecule has 0 N–H and O–H groups in total. The van der Waals surface area contributed by atoms with Gasteiger partial charge in [0, 0.05) is 49.3 Å². The van der Waals surface area contributed by atoms with Crippen LogP contribution in [0, 0.1) is 0 Å². The standard InChI is InChI=1S/C47H29N3O/c1-2-12-33(13-3-1)49-44-20-9-6-17-37(44)38-28-41(48-29-45(38)49)32-22-24-47-40(27-32)39-26-31(21-23-46(39)51-47)30-11-10-14-34(25-30)50-42-18-7-4-15-35(42)36-16-5-8-19-43(36)50/h1-29H. The number of hydrogen-bond acceptors (Lipinski definition) is 2. The molecule has 238 valence electrons. The third kappa shape index (κ3) is 4.23.